The van der Waals surface area contributed by atoms with Crippen molar-refractivity contribution in [2.45, 2.75) is 48.8 Å². The zero-order chi connectivity index (χ0) is 23.0. The Labute approximate surface area is 194 Å². The summed E-state index contributed by atoms with van der Waals surface area (Å²) >= 11 is 0. The smallest absolute Gasteiger partial charge is 0.0979 e. The first kappa shape index (κ1) is 23.3. The molecule has 0 heterocycles. The van der Waals surface area contributed by atoms with E-state index in [0.29, 0.717) is 17.7 Å². The number of hydrogen-bond donors (Lipinski definition) is 0. The van der Waals surface area contributed by atoms with E-state index in [4.69, 9.17) is 0 Å². The van der Waals surface area contributed by atoms with E-state index < -0.39 is 16.2 Å². The zero-order valence-electron chi connectivity index (χ0n) is 18.8. The third-order valence-electron chi connectivity index (χ3n) is 5.41. The quantitative estimate of drug-likeness (QED) is 0.380. The predicted molar refractivity (Wildman–Crippen MR) is 132 cm³/mol. The molecule has 3 aromatic rings. The van der Waals surface area contributed by atoms with Crippen molar-refractivity contribution in [3.63, 3.8) is 0 Å². The highest BCUT2D eigenvalue weighted by atomic mass is 32.2. The molecule has 160 valence electrons. The van der Waals surface area contributed by atoms with Gasteiger partial charge in [-0.2, -0.15) is 5.26 Å². The summed E-state index contributed by atoms with van der Waals surface area (Å²) < 4.78 is 13.5. The minimum absolute atomic E-state index is 0.377. The summed E-state index contributed by atoms with van der Waals surface area (Å²) in [7, 11) is -1.39. The van der Waals surface area contributed by atoms with Crippen LogP contribution in [0.5, 0.6) is 0 Å². The summed E-state index contributed by atoms with van der Waals surface area (Å²) in [5, 5.41) is 10.4. The van der Waals surface area contributed by atoms with Crippen molar-refractivity contribution in [2.75, 3.05) is 0 Å². The standard InChI is InChI=1S/C29H27NOS/c1-4-5-19-29(22-30,21-24(3)20-25-11-7-6-8-12-25)27-13-9-10-14-28(27)32(31)26-17-15-23(2)16-18-26/h6-18,20H,19,21H2,1-3H3/b24-20-/t29-,32+/m1/s1. The fourth-order valence-electron chi connectivity index (χ4n) is 3.80. The van der Waals surface area contributed by atoms with Crippen LogP contribution in [0.1, 0.15) is 43.4 Å². The molecule has 0 aliphatic heterocycles. The molecule has 0 aromatic heterocycles. The molecule has 0 amide bonds. The number of hydrogen-bond acceptors (Lipinski definition) is 2. The van der Waals surface area contributed by atoms with E-state index >= 15 is 0 Å². The molecule has 0 unspecified atom stereocenters. The summed E-state index contributed by atoms with van der Waals surface area (Å²) in [4.78, 5) is 1.40. The number of allylic oxidation sites excluding steroid dienone is 1. The van der Waals surface area contributed by atoms with Crippen LogP contribution in [0.4, 0.5) is 0 Å². The van der Waals surface area contributed by atoms with Gasteiger partial charge in [0.2, 0.25) is 0 Å². The molecule has 0 saturated carbocycles. The van der Waals surface area contributed by atoms with E-state index in [0.717, 1.165) is 27.2 Å². The van der Waals surface area contributed by atoms with Gasteiger partial charge in [-0.15, -0.1) is 11.8 Å². The van der Waals surface area contributed by atoms with Crippen molar-refractivity contribution < 1.29 is 4.21 Å². The van der Waals surface area contributed by atoms with Gasteiger partial charge >= 0.3 is 0 Å². The van der Waals surface area contributed by atoms with Crippen LogP contribution >= 0.6 is 0 Å². The zero-order valence-corrected chi connectivity index (χ0v) is 19.6. The van der Waals surface area contributed by atoms with Gasteiger partial charge in [-0.05, 0) is 56.5 Å². The lowest BCUT2D eigenvalue weighted by Crippen LogP contribution is -2.26. The van der Waals surface area contributed by atoms with Gasteiger partial charge in [-0.1, -0.05) is 77.9 Å². The number of nitrogens with zero attached hydrogens (tertiary/aromatic N) is 1. The monoisotopic (exact) mass is 437 g/mol. The lowest BCUT2D eigenvalue weighted by atomic mass is 9.74. The van der Waals surface area contributed by atoms with Gasteiger partial charge in [0.1, 0.15) is 0 Å². The molecule has 32 heavy (non-hydrogen) atoms. The Morgan fingerprint density at radius 3 is 2.31 bits per heavy atom. The van der Waals surface area contributed by atoms with Crippen LogP contribution in [0.2, 0.25) is 0 Å². The Hall–Kier alpha value is -3.40. The molecular weight excluding hydrogens is 410 g/mol. The molecule has 3 heteroatoms. The van der Waals surface area contributed by atoms with E-state index in [2.05, 4.69) is 24.0 Å². The van der Waals surface area contributed by atoms with Gasteiger partial charge in [0.15, 0.2) is 0 Å². The molecule has 0 saturated heterocycles. The van der Waals surface area contributed by atoms with Gasteiger partial charge in [0.05, 0.1) is 22.3 Å². The van der Waals surface area contributed by atoms with Crippen LogP contribution in [0.25, 0.3) is 6.08 Å². The van der Waals surface area contributed by atoms with Crippen molar-refractivity contribution in [2.24, 2.45) is 0 Å². The molecule has 0 N–H and O–H groups in total. The average Bonchev–Trinajstić information content (AvgIpc) is 2.82. The lowest BCUT2D eigenvalue weighted by Gasteiger charge is -2.28. The molecule has 0 spiro atoms. The van der Waals surface area contributed by atoms with Crippen molar-refractivity contribution in [3.05, 3.63) is 101 Å². The van der Waals surface area contributed by atoms with Crippen molar-refractivity contribution >= 4 is 16.9 Å². The highest BCUT2D eigenvalue weighted by Gasteiger charge is 2.35. The topological polar surface area (TPSA) is 40.9 Å². The predicted octanol–water partition coefficient (Wildman–Crippen LogP) is 6.83. The summed E-state index contributed by atoms with van der Waals surface area (Å²) in [5.41, 5.74) is 3.17. The van der Waals surface area contributed by atoms with Crippen LogP contribution in [-0.4, -0.2) is 4.21 Å². The molecule has 0 aliphatic rings. The van der Waals surface area contributed by atoms with Crippen molar-refractivity contribution in [1.29, 1.82) is 5.26 Å². The maximum Gasteiger partial charge on any atom is 0.0979 e. The second-order valence-electron chi connectivity index (χ2n) is 7.95. The van der Waals surface area contributed by atoms with Crippen molar-refractivity contribution in [3.8, 4) is 17.9 Å². The first-order valence-electron chi connectivity index (χ1n) is 10.6. The van der Waals surface area contributed by atoms with Crippen LogP contribution in [0.3, 0.4) is 0 Å². The van der Waals surface area contributed by atoms with Gasteiger partial charge < -0.3 is 0 Å². The molecule has 0 fully saturated rings. The van der Waals surface area contributed by atoms with Gasteiger partial charge in [-0.3, -0.25) is 0 Å². The normalized spacial score (nSPS) is 13.9. The van der Waals surface area contributed by atoms with E-state index in [1.54, 1.807) is 6.92 Å². The van der Waals surface area contributed by atoms with Crippen LogP contribution in [0, 0.1) is 30.1 Å². The van der Waals surface area contributed by atoms with E-state index in [1.165, 1.54) is 0 Å². The average molecular weight is 438 g/mol. The molecular formula is C29H27NOS. The third kappa shape index (κ3) is 5.44. The van der Waals surface area contributed by atoms with Crippen LogP contribution < -0.4 is 0 Å². The first-order chi connectivity index (χ1) is 15.5. The Morgan fingerprint density at radius 1 is 1.00 bits per heavy atom. The van der Waals surface area contributed by atoms with Crippen LogP contribution in [0.15, 0.2) is 94.2 Å². The largest absolute Gasteiger partial charge is 0.249 e. The third-order valence-corrected chi connectivity index (χ3v) is 6.87. The number of aryl methyl sites for hydroxylation is 1. The van der Waals surface area contributed by atoms with Crippen LogP contribution in [-0.2, 0) is 16.2 Å². The Morgan fingerprint density at radius 2 is 1.66 bits per heavy atom. The fraction of sp³-hybridized carbons (Fsp3) is 0.207. The minimum atomic E-state index is -1.39. The summed E-state index contributed by atoms with van der Waals surface area (Å²) in [5.74, 6) is 6.06. The second kappa shape index (κ2) is 10.8. The molecule has 2 atom stereocenters. The SMILES string of the molecule is CC#CC[C@](C#N)(C/C(C)=C\c1ccccc1)c1ccccc1[S@@](=O)c1ccc(C)cc1. The minimum Gasteiger partial charge on any atom is -0.249 e. The molecule has 2 nitrogen and oxygen atoms in total. The second-order valence-corrected chi connectivity index (χ2v) is 9.40. The fourth-order valence-corrected chi connectivity index (χ4v) is 5.11. The molecule has 0 radical (unpaired) electrons. The lowest BCUT2D eigenvalue weighted by molar-refractivity contribution is 0.548. The maximum absolute atomic E-state index is 13.5. The van der Waals surface area contributed by atoms with Gasteiger partial charge in [0.25, 0.3) is 0 Å². The molecule has 3 rings (SSSR count). The number of nitriles is 1. The Bertz CT molecular complexity index is 1220. The highest BCUT2D eigenvalue weighted by Crippen LogP contribution is 2.38. The molecule has 0 aliphatic carbocycles. The van der Waals surface area contributed by atoms with E-state index in [9.17, 15) is 9.47 Å². The van der Waals surface area contributed by atoms with Gasteiger partial charge in [-0.25, -0.2) is 4.21 Å². The van der Waals surface area contributed by atoms with Gasteiger partial charge in [0, 0.05) is 16.2 Å². The molecule has 0 bridgehead atoms. The Kier molecular flexibility index (Phi) is 7.82. The van der Waals surface area contributed by atoms with E-state index in [1.807, 2.05) is 92.7 Å². The number of rotatable bonds is 7. The highest BCUT2D eigenvalue weighted by molar-refractivity contribution is 7.85. The van der Waals surface area contributed by atoms with E-state index in [-0.39, 0.29) is 0 Å². The van der Waals surface area contributed by atoms with Crippen molar-refractivity contribution in [1.82, 2.24) is 0 Å². The number of benzene rings is 3. The molecule has 3 aromatic carbocycles. The maximum atomic E-state index is 13.5. The summed E-state index contributed by atoms with van der Waals surface area (Å²) in [6, 6.07) is 27.9. The summed E-state index contributed by atoms with van der Waals surface area (Å²) in [6.07, 6.45) is 2.99. The Balaban J connectivity index is 2.09. The summed E-state index contributed by atoms with van der Waals surface area (Å²) in [6.45, 7) is 5.83. The first-order valence-corrected chi connectivity index (χ1v) is 11.7.